The number of ether oxygens (including phenoxy) is 3. The van der Waals surface area contributed by atoms with Crippen LogP contribution in [0.5, 0.6) is 5.75 Å². The van der Waals surface area contributed by atoms with Gasteiger partial charge in [0.2, 0.25) is 5.91 Å². The SMILES string of the molecule is COc1cc(C=CC=CC(=O)NCCN2CCC(OC(c3ccccc3)c3ccccc3)CC2)ccc1CCOC(=O)O. The van der Waals surface area contributed by atoms with Crippen LogP contribution in [-0.4, -0.2) is 68.1 Å². The van der Waals surface area contributed by atoms with Crippen LogP contribution < -0.4 is 10.1 Å². The lowest BCUT2D eigenvalue weighted by Gasteiger charge is -2.34. The number of hydrogen-bond acceptors (Lipinski definition) is 6. The van der Waals surface area contributed by atoms with E-state index in [0.717, 1.165) is 43.6 Å². The van der Waals surface area contributed by atoms with Gasteiger partial charge in [-0.2, -0.15) is 0 Å². The maximum Gasteiger partial charge on any atom is 0.505 e. The number of rotatable bonds is 14. The molecule has 1 aliphatic rings. The number of nitrogens with zero attached hydrogens (tertiary/aromatic N) is 1. The normalized spacial score (nSPS) is 14.4. The van der Waals surface area contributed by atoms with E-state index < -0.39 is 6.16 Å². The zero-order chi connectivity index (χ0) is 30.3. The Hall–Kier alpha value is -4.40. The van der Waals surface area contributed by atoms with Crippen molar-refractivity contribution in [3.8, 4) is 5.75 Å². The number of likely N-dealkylation sites (tertiary alicyclic amines) is 1. The molecule has 0 atom stereocenters. The highest BCUT2D eigenvalue weighted by atomic mass is 16.7. The van der Waals surface area contributed by atoms with Gasteiger partial charge in [0.05, 0.1) is 19.8 Å². The van der Waals surface area contributed by atoms with Gasteiger partial charge in [0, 0.05) is 38.7 Å². The lowest BCUT2D eigenvalue weighted by molar-refractivity contribution is -0.116. The molecule has 0 radical (unpaired) electrons. The van der Waals surface area contributed by atoms with Crippen LogP contribution in [0.3, 0.4) is 0 Å². The third-order valence-corrected chi connectivity index (χ3v) is 7.35. The molecular formula is C35H40N2O6. The summed E-state index contributed by atoms with van der Waals surface area (Å²) in [5.41, 5.74) is 4.09. The number of hydrogen-bond donors (Lipinski definition) is 2. The summed E-state index contributed by atoms with van der Waals surface area (Å²) in [5, 5.41) is 11.6. The Morgan fingerprint density at radius 1 is 0.977 bits per heavy atom. The van der Waals surface area contributed by atoms with Crippen molar-refractivity contribution in [3.05, 3.63) is 119 Å². The molecule has 1 aliphatic heterocycles. The number of allylic oxidation sites excluding steroid dienone is 2. The summed E-state index contributed by atoms with van der Waals surface area (Å²) in [6.45, 7) is 3.32. The number of carboxylic acid groups (broad SMARTS) is 1. The van der Waals surface area contributed by atoms with Crippen molar-refractivity contribution in [2.75, 3.05) is 39.9 Å². The molecule has 0 aromatic heterocycles. The Kier molecular flexibility index (Phi) is 12.4. The number of nitrogens with one attached hydrogen (secondary N) is 1. The first-order chi connectivity index (χ1) is 21.0. The highest BCUT2D eigenvalue weighted by Crippen LogP contribution is 2.30. The van der Waals surface area contributed by atoms with Gasteiger partial charge in [0.25, 0.3) is 0 Å². The first-order valence-electron chi connectivity index (χ1n) is 14.6. The molecule has 1 saturated heterocycles. The summed E-state index contributed by atoms with van der Waals surface area (Å²) in [4.78, 5) is 25.2. The van der Waals surface area contributed by atoms with Gasteiger partial charge in [-0.15, -0.1) is 0 Å². The third kappa shape index (κ3) is 10.4. The zero-order valence-corrected chi connectivity index (χ0v) is 24.6. The average Bonchev–Trinajstić information content (AvgIpc) is 3.03. The largest absolute Gasteiger partial charge is 0.505 e. The molecule has 0 saturated carbocycles. The van der Waals surface area contributed by atoms with Crippen molar-refractivity contribution < 1.29 is 28.9 Å². The fraction of sp³-hybridized carbons (Fsp3) is 0.314. The number of amides is 1. The molecule has 226 valence electrons. The Labute approximate surface area is 253 Å². The van der Waals surface area contributed by atoms with Gasteiger partial charge in [-0.25, -0.2) is 4.79 Å². The molecule has 3 aromatic rings. The van der Waals surface area contributed by atoms with E-state index in [0.29, 0.717) is 18.7 Å². The second kappa shape index (κ2) is 16.9. The van der Waals surface area contributed by atoms with Crippen LogP contribution >= 0.6 is 0 Å². The Morgan fingerprint density at radius 2 is 1.65 bits per heavy atom. The molecule has 8 nitrogen and oxygen atoms in total. The topological polar surface area (TPSA) is 97.3 Å². The van der Waals surface area contributed by atoms with E-state index in [1.54, 1.807) is 19.3 Å². The first kappa shape index (κ1) is 31.5. The smallest absolute Gasteiger partial charge is 0.496 e. The molecule has 0 unspecified atom stereocenters. The van der Waals surface area contributed by atoms with Crippen LogP contribution in [0.4, 0.5) is 4.79 Å². The number of piperidine rings is 1. The molecule has 0 aliphatic carbocycles. The van der Waals surface area contributed by atoms with E-state index in [4.69, 9.17) is 14.6 Å². The van der Waals surface area contributed by atoms with Crippen molar-refractivity contribution in [1.82, 2.24) is 10.2 Å². The highest BCUT2D eigenvalue weighted by molar-refractivity contribution is 5.87. The second-order valence-corrected chi connectivity index (χ2v) is 10.3. The monoisotopic (exact) mass is 584 g/mol. The van der Waals surface area contributed by atoms with Gasteiger partial charge < -0.3 is 29.5 Å². The van der Waals surface area contributed by atoms with Crippen LogP contribution in [0.25, 0.3) is 6.08 Å². The molecule has 0 bridgehead atoms. The molecule has 1 heterocycles. The maximum atomic E-state index is 12.3. The van der Waals surface area contributed by atoms with Gasteiger partial charge in [0.15, 0.2) is 0 Å². The molecule has 3 aromatic carbocycles. The van der Waals surface area contributed by atoms with Crippen LogP contribution in [0.15, 0.2) is 97.1 Å². The molecule has 0 spiro atoms. The van der Waals surface area contributed by atoms with Gasteiger partial charge in [-0.3, -0.25) is 4.79 Å². The zero-order valence-electron chi connectivity index (χ0n) is 24.6. The minimum atomic E-state index is -1.29. The molecule has 4 rings (SSSR count). The Balaban J connectivity index is 1.16. The maximum absolute atomic E-state index is 12.3. The lowest BCUT2D eigenvalue weighted by atomic mass is 10.00. The van der Waals surface area contributed by atoms with Gasteiger partial charge in [0.1, 0.15) is 11.9 Å². The van der Waals surface area contributed by atoms with E-state index in [1.165, 1.54) is 17.2 Å². The summed E-state index contributed by atoms with van der Waals surface area (Å²) in [6.07, 6.45) is 8.03. The minimum absolute atomic E-state index is 0.0648. The van der Waals surface area contributed by atoms with Gasteiger partial charge >= 0.3 is 6.16 Å². The predicted octanol–water partition coefficient (Wildman–Crippen LogP) is 5.89. The van der Waals surface area contributed by atoms with Gasteiger partial charge in [-0.1, -0.05) is 91.0 Å². The quantitative estimate of drug-likeness (QED) is 0.139. The van der Waals surface area contributed by atoms with Crippen LogP contribution in [-0.2, 0) is 20.7 Å². The summed E-state index contributed by atoms with van der Waals surface area (Å²) in [6, 6.07) is 26.4. The average molecular weight is 585 g/mol. The molecule has 1 fully saturated rings. The van der Waals surface area contributed by atoms with Crippen LogP contribution in [0, 0.1) is 0 Å². The van der Waals surface area contributed by atoms with E-state index in [2.05, 4.69) is 63.5 Å². The minimum Gasteiger partial charge on any atom is -0.496 e. The Morgan fingerprint density at radius 3 is 2.28 bits per heavy atom. The summed E-state index contributed by atoms with van der Waals surface area (Å²) in [7, 11) is 1.57. The van der Waals surface area contributed by atoms with Crippen molar-refractivity contribution in [2.24, 2.45) is 0 Å². The first-order valence-corrected chi connectivity index (χ1v) is 14.6. The lowest BCUT2D eigenvalue weighted by Crippen LogP contribution is -2.41. The summed E-state index contributed by atoms with van der Waals surface area (Å²) in [5.74, 6) is 0.517. The van der Waals surface area contributed by atoms with E-state index in [1.807, 2.05) is 36.4 Å². The summed E-state index contributed by atoms with van der Waals surface area (Å²) >= 11 is 0. The van der Waals surface area contributed by atoms with Crippen molar-refractivity contribution in [3.63, 3.8) is 0 Å². The van der Waals surface area contributed by atoms with Crippen molar-refractivity contribution >= 4 is 18.1 Å². The molecular weight excluding hydrogens is 544 g/mol. The fourth-order valence-corrected chi connectivity index (χ4v) is 5.09. The molecule has 2 N–H and O–H groups in total. The van der Waals surface area contributed by atoms with E-state index in [-0.39, 0.29) is 24.7 Å². The van der Waals surface area contributed by atoms with Crippen molar-refractivity contribution in [2.45, 2.75) is 31.5 Å². The van der Waals surface area contributed by atoms with Gasteiger partial charge in [-0.05, 0) is 41.2 Å². The van der Waals surface area contributed by atoms with E-state index in [9.17, 15) is 9.59 Å². The van der Waals surface area contributed by atoms with E-state index >= 15 is 0 Å². The van der Waals surface area contributed by atoms with Crippen LogP contribution in [0.1, 0.15) is 41.2 Å². The third-order valence-electron chi connectivity index (χ3n) is 7.35. The fourth-order valence-electron chi connectivity index (χ4n) is 5.09. The summed E-state index contributed by atoms with van der Waals surface area (Å²) < 4.78 is 16.6. The number of methoxy groups -OCH3 is 1. The second-order valence-electron chi connectivity index (χ2n) is 10.3. The number of carbonyl (C=O) groups excluding carboxylic acids is 1. The standard InChI is InChI=1S/C35H40N2O6/c1-41-32-26-27(16-17-28(32)20-25-42-35(39)40)10-8-9-15-33(38)36-21-24-37-22-18-31(19-23-37)43-34(29-11-4-2-5-12-29)30-13-6-3-7-14-30/h2-17,26,31,34H,18-25H2,1H3,(H,36,38)(H,39,40). The number of benzene rings is 3. The highest BCUT2D eigenvalue weighted by Gasteiger charge is 2.24. The van der Waals surface area contributed by atoms with Crippen molar-refractivity contribution in [1.29, 1.82) is 0 Å². The molecule has 43 heavy (non-hydrogen) atoms. The molecule has 8 heteroatoms. The molecule has 1 amide bonds. The Bertz CT molecular complexity index is 1310. The number of carbonyl (C=O) groups is 2. The van der Waals surface area contributed by atoms with Crippen LogP contribution in [0.2, 0.25) is 0 Å². The predicted molar refractivity (Wildman–Crippen MR) is 167 cm³/mol.